The maximum Gasteiger partial charge on any atom is 0.252 e. The quantitative estimate of drug-likeness (QED) is 0.539. The molecule has 2 fully saturated rings. The summed E-state index contributed by atoms with van der Waals surface area (Å²) < 4.78 is 26.8. The van der Waals surface area contributed by atoms with E-state index in [1.54, 1.807) is 17.1 Å². The minimum absolute atomic E-state index is 0.0819. The van der Waals surface area contributed by atoms with E-state index in [0.29, 0.717) is 32.7 Å². The number of carbonyl (C=O) groups is 2. The van der Waals surface area contributed by atoms with Gasteiger partial charge in [0.15, 0.2) is 9.84 Å². The molecule has 4 rings (SSSR count). The second-order valence-electron chi connectivity index (χ2n) is 9.29. The topological polar surface area (TPSA) is 98.2 Å². The van der Waals surface area contributed by atoms with Crippen molar-refractivity contribution < 1.29 is 23.1 Å². The Morgan fingerprint density at radius 3 is 2.33 bits per heavy atom. The summed E-state index contributed by atoms with van der Waals surface area (Å²) in [6, 6.07) is 10.5. The number of halogens is 1. The van der Waals surface area contributed by atoms with Crippen molar-refractivity contribution in [2.75, 3.05) is 38.5 Å². The van der Waals surface area contributed by atoms with Crippen LogP contribution in [-0.2, 0) is 19.4 Å². The van der Waals surface area contributed by atoms with Gasteiger partial charge in [0.25, 0.3) is 5.91 Å². The van der Waals surface area contributed by atoms with Crippen LogP contribution in [0.2, 0.25) is 0 Å². The third-order valence-corrected chi connectivity index (χ3v) is 8.86. The molecule has 0 unspecified atom stereocenters. The van der Waals surface area contributed by atoms with E-state index < -0.39 is 27.6 Å². The zero-order valence-electron chi connectivity index (χ0n) is 18.7. The van der Waals surface area contributed by atoms with Crippen LogP contribution in [0.25, 0.3) is 10.8 Å². The number of aliphatic hydroxyl groups excluding tert-OH is 1. The van der Waals surface area contributed by atoms with E-state index in [1.165, 1.54) is 11.0 Å². The van der Waals surface area contributed by atoms with Gasteiger partial charge < -0.3 is 10.0 Å². The number of hydrazine groups is 1. The molecule has 2 amide bonds. The van der Waals surface area contributed by atoms with Gasteiger partial charge in [0.2, 0.25) is 5.91 Å². The Labute approximate surface area is 207 Å². The van der Waals surface area contributed by atoms with Crippen molar-refractivity contribution >= 4 is 55.0 Å². The van der Waals surface area contributed by atoms with Gasteiger partial charge in [-0.25, -0.2) is 13.4 Å². The lowest BCUT2D eigenvalue weighted by atomic mass is 9.92. The van der Waals surface area contributed by atoms with Crippen molar-refractivity contribution in [3.8, 4) is 0 Å². The monoisotopic (exact) mass is 585 g/mol. The lowest BCUT2D eigenvalue weighted by Crippen LogP contribution is -2.57. The Balaban J connectivity index is 1.37. The number of amides is 2. The summed E-state index contributed by atoms with van der Waals surface area (Å²) in [6.45, 7) is 6.12. The van der Waals surface area contributed by atoms with Crippen molar-refractivity contribution in [3.05, 3.63) is 40.0 Å². The Hall–Kier alpha value is -1.76. The summed E-state index contributed by atoms with van der Waals surface area (Å²) in [6.07, 6.45) is -0.850. The fourth-order valence-electron chi connectivity index (χ4n) is 4.35. The fraction of sp³-hybridized carbons (Fsp3) is 0.478. The standard InChI is InChI=1S/C23H28IN3O5S/c1-23(2)7-8-27(22(23)30)26-11-9-25(10-12-26)21(29)20(28)15-33(31,32)19-6-4-16-13-18(24)5-3-17(16)14-19/h3-6,13-14,20,28H,7-12,15H2,1-2H3/t20-/m1/s1. The van der Waals surface area contributed by atoms with E-state index in [4.69, 9.17) is 0 Å². The number of carbonyl (C=O) groups excluding carboxylic acids is 2. The molecule has 2 aliphatic heterocycles. The van der Waals surface area contributed by atoms with Crippen LogP contribution in [0, 0.1) is 8.99 Å². The molecule has 0 spiro atoms. The van der Waals surface area contributed by atoms with Gasteiger partial charge in [-0.3, -0.25) is 14.6 Å². The van der Waals surface area contributed by atoms with E-state index in [-0.39, 0.29) is 16.2 Å². The molecule has 10 heteroatoms. The lowest BCUT2D eigenvalue weighted by Gasteiger charge is -2.40. The average molecular weight is 585 g/mol. The van der Waals surface area contributed by atoms with Crippen LogP contribution in [0.1, 0.15) is 20.3 Å². The minimum atomic E-state index is -3.85. The second-order valence-corrected chi connectivity index (χ2v) is 12.6. The normalized spacial score (nSPS) is 20.4. The summed E-state index contributed by atoms with van der Waals surface area (Å²) in [5.41, 5.74) is -0.376. The molecule has 0 saturated carbocycles. The van der Waals surface area contributed by atoms with E-state index in [1.807, 2.05) is 37.1 Å². The van der Waals surface area contributed by atoms with Gasteiger partial charge in [-0.15, -0.1) is 0 Å². The number of nitrogens with zero attached hydrogens (tertiary/aromatic N) is 3. The molecule has 33 heavy (non-hydrogen) atoms. The molecule has 178 valence electrons. The maximum atomic E-state index is 12.9. The number of hydrogen-bond donors (Lipinski definition) is 1. The van der Waals surface area contributed by atoms with Crippen LogP contribution < -0.4 is 0 Å². The van der Waals surface area contributed by atoms with Crippen LogP contribution in [-0.4, -0.2) is 84.8 Å². The molecule has 1 atom stereocenters. The predicted molar refractivity (Wildman–Crippen MR) is 133 cm³/mol. The number of benzene rings is 2. The first-order chi connectivity index (χ1) is 15.5. The highest BCUT2D eigenvalue weighted by Crippen LogP contribution is 2.32. The van der Waals surface area contributed by atoms with Crippen LogP contribution >= 0.6 is 22.6 Å². The third-order valence-electron chi connectivity index (χ3n) is 6.47. The van der Waals surface area contributed by atoms with Gasteiger partial charge in [0.1, 0.15) is 6.10 Å². The molecule has 0 bridgehead atoms. The van der Waals surface area contributed by atoms with Gasteiger partial charge in [-0.05, 0) is 64.0 Å². The molecule has 2 aromatic carbocycles. The first-order valence-electron chi connectivity index (χ1n) is 10.9. The summed E-state index contributed by atoms with van der Waals surface area (Å²) in [5, 5.41) is 15.9. The first-order valence-corrected chi connectivity index (χ1v) is 13.7. The second kappa shape index (κ2) is 9.12. The Kier molecular flexibility index (Phi) is 6.74. The van der Waals surface area contributed by atoms with E-state index >= 15 is 0 Å². The van der Waals surface area contributed by atoms with Crippen LogP contribution in [0.3, 0.4) is 0 Å². The summed E-state index contributed by atoms with van der Waals surface area (Å²) in [4.78, 5) is 26.9. The fourth-order valence-corrected chi connectivity index (χ4v) is 6.19. The van der Waals surface area contributed by atoms with Crippen LogP contribution in [0.5, 0.6) is 0 Å². The van der Waals surface area contributed by atoms with Crippen molar-refractivity contribution in [2.24, 2.45) is 5.41 Å². The molecule has 0 aliphatic carbocycles. The Morgan fingerprint density at radius 2 is 1.70 bits per heavy atom. The predicted octanol–water partition coefficient (Wildman–Crippen LogP) is 1.90. The maximum absolute atomic E-state index is 12.9. The molecular formula is C23H28IN3O5S. The molecule has 0 aromatic heterocycles. The minimum Gasteiger partial charge on any atom is -0.382 e. The average Bonchev–Trinajstić information content (AvgIpc) is 3.05. The highest BCUT2D eigenvalue weighted by atomic mass is 127. The van der Waals surface area contributed by atoms with Crippen molar-refractivity contribution in [1.82, 2.24) is 14.9 Å². The zero-order chi connectivity index (χ0) is 24.0. The molecule has 2 aliphatic rings. The SMILES string of the molecule is CC1(C)CCN(N2CCN(C(=O)[C@H](O)CS(=O)(=O)c3ccc4cc(I)ccc4c3)CC2)C1=O. The van der Waals surface area contributed by atoms with E-state index in [9.17, 15) is 23.1 Å². The number of fused-ring (bicyclic) bond motifs is 1. The molecule has 2 heterocycles. The summed E-state index contributed by atoms with van der Waals surface area (Å²) >= 11 is 2.20. The number of hydrogen-bond acceptors (Lipinski definition) is 6. The van der Waals surface area contributed by atoms with Gasteiger partial charge in [0.05, 0.1) is 10.6 Å². The van der Waals surface area contributed by atoms with Gasteiger partial charge in [-0.1, -0.05) is 26.0 Å². The molecule has 2 saturated heterocycles. The zero-order valence-corrected chi connectivity index (χ0v) is 21.7. The molecule has 1 N–H and O–H groups in total. The van der Waals surface area contributed by atoms with Crippen LogP contribution in [0.15, 0.2) is 41.3 Å². The van der Waals surface area contributed by atoms with Crippen molar-refractivity contribution in [2.45, 2.75) is 31.3 Å². The highest BCUT2D eigenvalue weighted by molar-refractivity contribution is 14.1. The smallest absolute Gasteiger partial charge is 0.252 e. The molecule has 2 aromatic rings. The van der Waals surface area contributed by atoms with Crippen molar-refractivity contribution in [1.29, 1.82) is 0 Å². The lowest BCUT2D eigenvalue weighted by molar-refractivity contribution is -0.155. The first kappa shape index (κ1) is 24.4. The molecule has 0 radical (unpaired) electrons. The van der Waals surface area contributed by atoms with Gasteiger partial charge in [0, 0.05) is 41.7 Å². The number of aliphatic hydroxyl groups is 1. The number of rotatable bonds is 5. The van der Waals surface area contributed by atoms with E-state index in [2.05, 4.69) is 22.6 Å². The van der Waals surface area contributed by atoms with Gasteiger partial charge in [-0.2, -0.15) is 0 Å². The Morgan fingerprint density at radius 1 is 1.06 bits per heavy atom. The third kappa shape index (κ3) is 5.03. The number of piperazine rings is 1. The van der Waals surface area contributed by atoms with Crippen LogP contribution in [0.4, 0.5) is 0 Å². The largest absolute Gasteiger partial charge is 0.382 e. The summed E-state index contributed by atoms with van der Waals surface area (Å²) in [5.74, 6) is -1.18. The number of sulfone groups is 1. The molecule has 8 nitrogen and oxygen atoms in total. The van der Waals surface area contributed by atoms with Gasteiger partial charge >= 0.3 is 0 Å². The van der Waals surface area contributed by atoms with Crippen molar-refractivity contribution in [3.63, 3.8) is 0 Å². The highest BCUT2D eigenvalue weighted by Gasteiger charge is 2.42. The molecular weight excluding hydrogens is 557 g/mol. The van der Waals surface area contributed by atoms with E-state index in [0.717, 1.165) is 20.8 Å². The summed E-state index contributed by atoms with van der Waals surface area (Å²) in [7, 11) is -3.85. The Bertz CT molecular complexity index is 1190.